The van der Waals surface area contributed by atoms with Gasteiger partial charge in [-0.05, 0) is 62.4 Å². The Morgan fingerprint density at radius 1 is 1.12 bits per heavy atom. The maximum Gasteiger partial charge on any atom is 0.242 e. The molecule has 1 aromatic rings. The highest BCUT2D eigenvalue weighted by Crippen LogP contribution is 2.49. The molecule has 5 heterocycles. The number of carbonyl (C=O) groups is 1. The Labute approximate surface area is 153 Å². The molecule has 5 fully saturated rings. The first-order chi connectivity index (χ1) is 12.6. The van der Waals surface area contributed by atoms with E-state index in [2.05, 4.69) is 21.9 Å². The molecule has 1 aliphatic carbocycles. The van der Waals surface area contributed by atoms with Crippen molar-refractivity contribution in [2.45, 2.75) is 49.2 Å². The number of nitrogens with zero attached hydrogens (tertiary/aromatic N) is 2. The number of hydrogen-bond acceptors (Lipinski definition) is 5. The number of nitrogens with two attached hydrogens (primary N) is 1. The summed E-state index contributed by atoms with van der Waals surface area (Å²) in [5.74, 6) is 2.78. The SMILES string of the molecule is NC1(C(=O)N2C[C@H](c3ccc4c(c3)OCO4)[C@H]3[C@@H]2C2CCN3CC2)CC1. The largest absolute Gasteiger partial charge is 0.454 e. The zero-order valence-corrected chi connectivity index (χ0v) is 14.9. The van der Waals surface area contributed by atoms with Gasteiger partial charge < -0.3 is 20.1 Å². The lowest BCUT2D eigenvalue weighted by Crippen LogP contribution is -2.62. The van der Waals surface area contributed by atoms with Gasteiger partial charge in [-0.15, -0.1) is 0 Å². The monoisotopic (exact) mass is 355 g/mol. The van der Waals surface area contributed by atoms with E-state index in [9.17, 15) is 4.79 Å². The van der Waals surface area contributed by atoms with Crippen LogP contribution < -0.4 is 15.2 Å². The van der Waals surface area contributed by atoms with E-state index in [1.54, 1.807) is 0 Å². The number of amides is 1. The minimum Gasteiger partial charge on any atom is -0.454 e. The summed E-state index contributed by atoms with van der Waals surface area (Å²) in [6, 6.07) is 7.02. The molecule has 0 radical (unpaired) electrons. The van der Waals surface area contributed by atoms with Crippen LogP contribution in [0.2, 0.25) is 0 Å². The van der Waals surface area contributed by atoms with Crippen LogP contribution in [-0.4, -0.2) is 59.8 Å². The van der Waals surface area contributed by atoms with Gasteiger partial charge in [0.15, 0.2) is 11.5 Å². The number of fused-ring (bicyclic) bond motifs is 3. The lowest BCUT2D eigenvalue weighted by molar-refractivity contribution is -0.138. The number of likely N-dealkylation sites (tertiary alicyclic amines) is 1. The Balaban J connectivity index is 1.39. The van der Waals surface area contributed by atoms with Gasteiger partial charge >= 0.3 is 0 Å². The van der Waals surface area contributed by atoms with Crippen molar-refractivity contribution < 1.29 is 14.3 Å². The van der Waals surface area contributed by atoms with Crippen LogP contribution in [0, 0.1) is 5.92 Å². The summed E-state index contributed by atoms with van der Waals surface area (Å²) in [5.41, 5.74) is 6.98. The van der Waals surface area contributed by atoms with Crippen molar-refractivity contribution in [2.75, 3.05) is 26.4 Å². The van der Waals surface area contributed by atoms with E-state index < -0.39 is 5.54 Å². The molecule has 4 saturated heterocycles. The van der Waals surface area contributed by atoms with Crippen molar-refractivity contribution >= 4 is 5.91 Å². The molecule has 1 aromatic carbocycles. The predicted octanol–water partition coefficient (Wildman–Crippen LogP) is 1.30. The molecule has 0 aromatic heterocycles. The maximum atomic E-state index is 13.2. The van der Waals surface area contributed by atoms with Crippen LogP contribution in [0.1, 0.15) is 37.2 Å². The molecule has 3 atom stereocenters. The van der Waals surface area contributed by atoms with Gasteiger partial charge in [-0.25, -0.2) is 0 Å². The van der Waals surface area contributed by atoms with Crippen molar-refractivity contribution in [3.8, 4) is 11.5 Å². The van der Waals surface area contributed by atoms with Crippen LogP contribution in [0.3, 0.4) is 0 Å². The highest BCUT2D eigenvalue weighted by molar-refractivity contribution is 5.90. The van der Waals surface area contributed by atoms with Gasteiger partial charge in [0.25, 0.3) is 0 Å². The lowest BCUT2D eigenvalue weighted by atomic mass is 9.75. The first-order valence-electron chi connectivity index (χ1n) is 9.88. The Bertz CT molecular complexity index is 770. The topological polar surface area (TPSA) is 68.0 Å². The molecular formula is C20H25N3O3. The van der Waals surface area contributed by atoms with E-state index in [0.29, 0.717) is 30.7 Å². The minimum absolute atomic E-state index is 0.185. The Morgan fingerprint density at radius 3 is 2.65 bits per heavy atom. The van der Waals surface area contributed by atoms with Gasteiger partial charge in [0, 0.05) is 18.5 Å². The van der Waals surface area contributed by atoms with E-state index >= 15 is 0 Å². The van der Waals surface area contributed by atoms with Gasteiger partial charge in [0.2, 0.25) is 12.7 Å². The van der Waals surface area contributed by atoms with Crippen molar-refractivity contribution in [1.82, 2.24) is 9.80 Å². The van der Waals surface area contributed by atoms with Crippen molar-refractivity contribution in [3.63, 3.8) is 0 Å². The number of ether oxygens (including phenoxy) is 2. The minimum atomic E-state index is -0.583. The third-order valence-corrected chi connectivity index (χ3v) is 7.29. The quantitative estimate of drug-likeness (QED) is 0.866. The van der Waals surface area contributed by atoms with Crippen LogP contribution in [-0.2, 0) is 4.79 Å². The fraction of sp³-hybridized carbons (Fsp3) is 0.650. The standard InChI is InChI=1S/C20H25N3O3/c21-20(5-6-20)19(24)23-10-14(13-1-2-15-16(9-13)26-11-25-15)18-17(23)12-3-7-22(18)8-4-12/h1-2,9,12,14,17-18H,3-8,10-11,21H2/t14-,17+,18+/m1/s1. The Kier molecular flexibility index (Phi) is 3.02. The molecule has 1 saturated carbocycles. The smallest absolute Gasteiger partial charge is 0.242 e. The molecular weight excluding hydrogens is 330 g/mol. The number of benzene rings is 1. The summed E-state index contributed by atoms with van der Waals surface area (Å²) in [7, 11) is 0. The molecule has 0 spiro atoms. The first-order valence-corrected chi connectivity index (χ1v) is 9.88. The summed E-state index contributed by atoms with van der Waals surface area (Å²) < 4.78 is 11.1. The van der Waals surface area contributed by atoms with Crippen LogP contribution >= 0.6 is 0 Å². The molecule has 138 valence electrons. The van der Waals surface area contributed by atoms with E-state index in [1.165, 1.54) is 18.4 Å². The molecule has 26 heavy (non-hydrogen) atoms. The predicted molar refractivity (Wildman–Crippen MR) is 95.0 cm³/mol. The molecule has 2 bridgehead atoms. The summed E-state index contributed by atoms with van der Waals surface area (Å²) >= 11 is 0. The summed E-state index contributed by atoms with van der Waals surface area (Å²) in [6.07, 6.45) is 4.08. The summed E-state index contributed by atoms with van der Waals surface area (Å²) in [4.78, 5) is 17.9. The van der Waals surface area contributed by atoms with Crippen molar-refractivity contribution in [1.29, 1.82) is 0 Å². The molecule has 5 aliphatic heterocycles. The van der Waals surface area contributed by atoms with E-state index in [-0.39, 0.29) is 5.91 Å². The molecule has 7 rings (SSSR count). The normalized spacial score (nSPS) is 38.3. The number of piperidine rings is 3. The fourth-order valence-electron chi connectivity index (χ4n) is 5.73. The fourth-order valence-corrected chi connectivity index (χ4v) is 5.73. The number of carbonyl (C=O) groups excluding carboxylic acids is 1. The van der Waals surface area contributed by atoms with Crippen molar-refractivity contribution in [2.24, 2.45) is 11.7 Å². The van der Waals surface area contributed by atoms with E-state index in [4.69, 9.17) is 15.2 Å². The second-order valence-corrected chi connectivity index (χ2v) is 8.69. The number of hydrogen-bond donors (Lipinski definition) is 1. The molecule has 1 amide bonds. The van der Waals surface area contributed by atoms with Crippen LogP contribution in [0.5, 0.6) is 11.5 Å². The first kappa shape index (κ1) is 15.3. The average molecular weight is 355 g/mol. The maximum absolute atomic E-state index is 13.2. The third-order valence-electron chi connectivity index (χ3n) is 7.29. The van der Waals surface area contributed by atoms with Gasteiger partial charge in [-0.3, -0.25) is 9.69 Å². The summed E-state index contributed by atoms with van der Waals surface area (Å²) in [6.45, 7) is 3.38. The van der Waals surface area contributed by atoms with Gasteiger partial charge in [-0.2, -0.15) is 0 Å². The van der Waals surface area contributed by atoms with Crippen LogP contribution in [0.4, 0.5) is 0 Å². The third kappa shape index (κ3) is 2.03. The molecule has 6 nitrogen and oxygen atoms in total. The van der Waals surface area contributed by atoms with Crippen LogP contribution in [0.25, 0.3) is 0 Å². The highest BCUT2D eigenvalue weighted by Gasteiger charge is 2.58. The van der Waals surface area contributed by atoms with Crippen LogP contribution in [0.15, 0.2) is 18.2 Å². The summed E-state index contributed by atoms with van der Waals surface area (Å²) in [5, 5.41) is 0. The second kappa shape index (κ2) is 5.14. The van der Waals surface area contributed by atoms with Gasteiger partial charge in [0.1, 0.15) is 0 Å². The van der Waals surface area contributed by atoms with Crippen molar-refractivity contribution in [3.05, 3.63) is 23.8 Å². The Hall–Kier alpha value is -1.79. The zero-order valence-electron chi connectivity index (χ0n) is 14.9. The zero-order chi connectivity index (χ0) is 17.5. The van der Waals surface area contributed by atoms with Gasteiger partial charge in [0.05, 0.1) is 11.6 Å². The highest BCUT2D eigenvalue weighted by atomic mass is 16.7. The lowest BCUT2D eigenvalue weighted by Gasteiger charge is -2.51. The Morgan fingerprint density at radius 2 is 1.88 bits per heavy atom. The van der Waals surface area contributed by atoms with Gasteiger partial charge in [-0.1, -0.05) is 6.07 Å². The van der Waals surface area contributed by atoms with E-state index in [1.807, 2.05) is 6.07 Å². The molecule has 2 N–H and O–H groups in total. The average Bonchev–Trinajstić information content (AvgIpc) is 3.11. The molecule has 6 heteroatoms. The second-order valence-electron chi connectivity index (χ2n) is 8.69. The molecule has 6 aliphatic rings. The molecule has 0 unspecified atom stereocenters. The van der Waals surface area contributed by atoms with E-state index in [0.717, 1.165) is 44.0 Å². The number of rotatable bonds is 2.